The van der Waals surface area contributed by atoms with Gasteiger partial charge in [0, 0.05) is 18.7 Å². The number of rotatable bonds is 7. The van der Waals surface area contributed by atoms with Crippen molar-refractivity contribution in [3.63, 3.8) is 0 Å². The van der Waals surface area contributed by atoms with Crippen LogP contribution in [-0.2, 0) is 22.6 Å². The van der Waals surface area contributed by atoms with Crippen LogP contribution in [0, 0.1) is 0 Å². The highest BCUT2D eigenvalue weighted by Crippen LogP contribution is 2.25. The Labute approximate surface area is 137 Å². The first-order chi connectivity index (χ1) is 11.0. The summed E-state index contributed by atoms with van der Waals surface area (Å²) in [6.45, 7) is -0.250. The van der Waals surface area contributed by atoms with Crippen LogP contribution in [0.5, 0.6) is 5.75 Å². The SMILES string of the molecule is COc1ccc(CCC(=O)Nc2ccn(CC(=O)O)n2)cc1Cl. The second-order valence-electron chi connectivity index (χ2n) is 4.81. The first-order valence-corrected chi connectivity index (χ1v) is 7.23. The maximum atomic E-state index is 11.9. The third-order valence-corrected chi connectivity index (χ3v) is 3.36. The van der Waals surface area contributed by atoms with Crippen LogP contribution >= 0.6 is 11.6 Å². The first-order valence-electron chi connectivity index (χ1n) is 6.85. The highest BCUT2D eigenvalue weighted by atomic mass is 35.5. The average Bonchev–Trinajstić information content (AvgIpc) is 2.91. The number of carbonyl (C=O) groups is 2. The Morgan fingerprint density at radius 2 is 2.17 bits per heavy atom. The minimum absolute atomic E-state index is 0.211. The molecule has 2 rings (SSSR count). The molecule has 0 atom stereocenters. The van der Waals surface area contributed by atoms with Crippen LogP contribution in [0.3, 0.4) is 0 Å². The van der Waals surface area contributed by atoms with Gasteiger partial charge in [-0.1, -0.05) is 17.7 Å². The van der Waals surface area contributed by atoms with Crippen molar-refractivity contribution in [2.24, 2.45) is 0 Å². The topological polar surface area (TPSA) is 93.5 Å². The Morgan fingerprint density at radius 3 is 2.83 bits per heavy atom. The summed E-state index contributed by atoms with van der Waals surface area (Å²) in [5, 5.41) is 15.7. The molecular weight excluding hydrogens is 322 g/mol. The lowest BCUT2D eigenvalue weighted by Gasteiger charge is -2.06. The van der Waals surface area contributed by atoms with Gasteiger partial charge in [0.1, 0.15) is 12.3 Å². The number of ether oxygens (including phenoxy) is 1. The van der Waals surface area contributed by atoms with Gasteiger partial charge in [0.25, 0.3) is 0 Å². The Morgan fingerprint density at radius 1 is 1.39 bits per heavy atom. The molecule has 0 unspecified atom stereocenters. The zero-order valence-electron chi connectivity index (χ0n) is 12.5. The van der Waals surface area contributed by atoms with E-state index in [-0.39, 0.29) is 18.9 Å². The molecule has 1 heterocycles. The molecule has 0 aliphatic carbocycles. The summed E-state index contributed by atoms with van der Waals surface area (Å²) in [5.41, 5.74) is 0.919. The Kier molecular flexibility index (Phi) is 5.59. The number of carboxylic acids is 1. The number of hydrogen-bond acceptors (Lipinski definition) is 4. The predicted octanol–water partition coefficient (Wildman–Crippen LogP) is 2.20. The molecule has 1 amide bonds. The van der Waals surface area contributed by atoms with Crippen molar-refractivity contribution in [2.45, 2.75) is 19.4 Å². The summed E-state index contributed by atoms with van der Waals surface area (Å²) in [7, 11) is 1.54. The van der Waals surface area contributed by atoms with E-state index in [1.807, 2.05) is 6.07 Å². The normalized spacial score (nSPS) is 10.3. The molecule has 0 saturated heterocycles. The van der Waals surface area contributed by atoms with Gasteiger partial charge in [0.2, 0.25) is 5.91 Å². The highest BCUT2D eigenvalue weighted by molar-refractivity contribution is 6.32. The number of amides is 1. The minimum Gasteiger partial charge on any atom is -0.495 e. The molecule has 0 radical (unpaired) electrons. The van der Waals surface area contributed by atoms with Gasteiger partial charge < -0.3 is 15.2 Å². The van der Waals surface area contributed by atoms with Crippen molar-refractivity contribution >= 4 is 29.3 Å². The van der Waals surface area contributed by atoms with Gasteiger partial charge in [0.15, 0.2) is 5.82 Å². The fraction of sp³-hybridized carbons (Fsp3) is 0.267. The average molecular weight is 338 g/mol. The van der Waals surface area contributed by atoms with Crippen LogP contribution < -0.4 is 10.1 Å². The molecule has 122 valence electrons. The third-order valence-electron chi connectivity index (χ3n) is 3.06. The van der Waals surface area contributed by atoms with Gasteiger partial charge in [0.05, 0.1) is 12.1 Å². The van der Waals surface area contributed by atoms with Gasteiger partial charge >= 0.3 is 5.97 Å². The zero-order chi connectivity index (χ0) is 16.8. The molecule has 1 aromatic heterocycles. The van der Waals surface area contributed by atoms with Gasteiger partial charge in [-0.2, -0.15) is 5.10 Å². The minimum atomic E-state index is -0.998. The summed E-state index contributed by atoms with van der Waals surface area (Å²) in [6.07, 6.45) is 2.27. The molecule has 2 aromatic rings. The van der Waals surface area contributed by atoms with Crippen LogP contribution in [0.15, 0.2) is 30.5 Å². The third kappa shape index (κ3) is 5.00. The lowest BCUT2D eigenvalue weighted by Crippen LogP contribution is -2.14. The van der Waals surface area contributed by atoms with Gasteiger partial charge in [-0.3, -0.25) is 14.3 Å². The quantitative estimate of drug-likeness (QED) is 0.807. The Bertz CT molecular complexity index is 714. The van der Waals surface area contributed by atoms with Crippen LogP contribution in [0.25, 0.3) is 0 Å². The Hall–Kier alpha value is -2.54. The fourth-order valence-corrected chi connectivity index (χ4v) is 2.26. The predicted molar refractivity (Wildman–Crippen MR) is 84.8 cm³/mol. The van der Waals surface area contributed by atoms with Crippen LogP contribution in [0.1, 0.15) is 12.0 Å². The van der Waals surface area contributed by atoms with Crippen LogP contribution in [-0.4, -0.2) is 33.9 Å². The number of aliphatic carboxylic acids is 1. The van der Waals surface area contributed by atoms with Crippen LogP contribution in [0.2, 0.25) is 5.02 Å². The lowest BCUT2D eigenvalue weighted by atomic mass is 10.1. The molecule has 0 aliphatic heterocycles. The molecule has 0 aliphatic rings. The molecule has 0 spiro atoms. The summed E-state index contributed by atoms with van der Waals surface area (Å²) in [4.78, 5) is 22.5. The number of anilines is 1. The zero-order valence-corrected chi connectivity index (χ0v) is 13.2. The van der Waals surface area contributed by atoms with Crippen molar-refractivity contribution < 1.29 is 19.4 Å². The monoisotopic (exact) mass is 337 g/mol. The van der Waals surface area contributed by atoms with E-state index >= 15 is 0 Å². The highest BCUT2D eigenvalue weighted by Gasteiger charge is 2.08. The van der Waals surface area contributed by atoms with Crippen molar-refractivity contribution in [1.82, 2.24) is 9.78 Å². The molecule has 8 heteroatoms. The Balaban J connectivity index is 1.86. The van der Waals surface area contributed by atoms with E-state index in [0.717, 1.165) is 5.56 Å². The molecule has 23 heavy (non-hydrogen) atoms. The fourth-order valence-electron chi connectivity index (χ4n) is 1.98. The number of halogens is 1. The number of carboxylic acid groups (broad SMARTS) is 1. The summed E-state index contributed by atoms with van der Waals surface area (Å²) in [6, 6.07) is 6.91. The number of nitrogens with one attached hydrogen (secondary N) is 1. The van der Waals surface area contributed by atoms with Gasteiger partial charge in [-0.25, -0.2) is 0 Å². The second kappa shape index (κ2) is 7.64. The summed E-state index contributed by atoms with van der Waals surface area (Å²) >= 11 is 6.03. The number of methoxy groups -OCH3 is 1. The van der Waals surface area contributed by atoms with E-state index in [4.69, 9.17) is 21.4 Å². The van der Waals surface area contributed by atoms with Crippen molar-refractivity contribution in [2.75, 3.05) is 12.4 Å². The van der Waals surface area contributed by atoms with E-state index in [9.17, 15) is 9.59 Å². The summed E-state index contributed by atoms with van der Waals surface area (Å²) in [5.74, 6) is -0.298. The molecule has 2 N–H and O–H groups in total. The number of aromatic nitrogens is 2. The van der Waals surface area contributed by atoms with E-state index < -0.39 is 5.97 Å². The second-order valence-corrected chi connectivity index (χ2v) is 5.22. The van der Waals surface area contributed by atoms with E-state index in [1.165, 1.54) is 18.0 Å². The van der Waals surface area contributed by atoms with Crippen molar-refractivity contribution in [3.8, 4) is 5.75 Å². The van der Waals surface area contributed by atoms with Gasteiger partial charge in [-0.05, 0) is 24.1 Å². The standard InChI is InChI=1S/C15H16ClN3O4/c1-23-12-4-2-10(8-11(12)16)3-5-14(20)17-13-6-7-19(18-13)9-15(21)22/h2,4,6-8H,3,5,9H2,1H3,(H,21,22)(H,17,18,20). The molecule has 1 aromatic carbocycles. The van der Waals surface area contributed by atoms with Gasteiger partial charge in [-0.15, -0.1) is 0 Å². The van der Waals surface area contributed by atoms with E-state index in [0.29, 0.717) is 23.0 Å². The number of carbonyl (C=O) groups excluding carboxylic acids is 1. The van der Waals surface area contributed by atoms with Crippen molar-refractivity contribution in [3.05, 3.63) is 41.0 Å². The van der Waals surface area contributed by atoms with Crippen molar-refractivity contribution in [1.29, 1.82) is 0 Å². The number of nitrogens with zero attached hydrogens (tertiary/aromatic N) is 2. The molecule has 0 fully saturated rings. The first kappa shape index (κ1) is 16.8. The van der Waals surface area contributed by atoms with Crippen LogP contribution in [0.4, 0.5) is 5.82 Å². The molecule has 0 saturated carbocycles. The maximum Gasteiger partial charge on any atom is 0.325 e. The number of aryl methyl sites for hydroxylation is 1. The maximum absolute atomic E-state index is 11.9. The molecular formula is C15H16ClN3O4. The number of benzene rings is 1. The largest absolute Gasteiger partial charge is 0.495 e. The summed E-state index contributed by atoms with van der Waals surface area (Å²) < 4.78 is 6.31. The lowest BCUT2D eigenvalue weighted by molar-refractivity contribution is -0.137. The molecule has 7 nitrogen and oxygen atoms in total. The smallest absolute Gasteiger partial charge is 0.325 e. The van der Waals surface area contributed by atoms with E-state index in [1.54, 1.807) is 18.2 Å². The molecule has 0 bridgehead atoms. The number of hydrogen-bond donors (Lipinski definition) is 2. The van der Waals surface area contributed by atoms with E-state index in [2.05, 4.69) is 10.4 Å².